The zero-order valence-electron chi connectivity index (χ0n) is 14.5. The van der Waals surface area contributed by atoms with Crippen molar-refractivity contribution in [1.82, 2.24) is 4.90 Å². The molecule has 4 nitrogen and oxygen atoms in total. The quantitative estimate of drug-likeness (QED) is 0.741. The summed E-state index contributed by atoms with van der Waals surface area (Å²) in [6, 6.07) is 10.0. The van der Waals surface area contributed by atoms with Crippen molar-refractivity contribution in [1.29, 1.82) is 0 Å². The van der Waals surface area contributed by atoms with Gasteiger partial charge in [-0.3, -0.25) is 4.79 Å². The van der Waals surface area contributed by atoms with Crippen molar-refractivity contribution in [3.8, 4) is 11.5 Å². The number of ether oxygens (including phenoxy) is 2. The standard InChI is InChI=1S/C19H21ClFNO3/c1-22(12-14-15(20)5-4-6-16(14)21)19(23)10-8-13-7-9-17(24-2)18(11-13)25-3/h4-7,9,11H,8,10,12H2,1-3H3. The second-order valence-electron chi connectivity index (χ2n) is 5.64. The smallest absolute Gasteiger partial charge is 0.222 e. The van der Waals surface area contributed by atoms with E-state index in [-0.39, 0.29) is 12.5 Å². The molecule has 0 spiro atoms. The average Bonchev–Trinajstić information content (AvgIpc) is 2.62. The Kier molecular flexibility index (Phi) is 6.65. The lowest BCUT2D eigenvalue weighted by Gasteiger charge is -2.18. The third-order valence-corrected chi connectivity index (χ3v) is 4.31. The third-order valence-electron chi connectivity index (χ3n) is 3.96. The first-order valence-electron chi connectivity index (χ1n) is 7.84. The molecule has 25 heavy (non-hydrogen) atoms. The highest BCUT2D eigenvalue weighted by molar-refractivity contribution is 6.31. The lowest BCUT2D eigenvalue weighted by molar-refractivity contribution is -0.130. The fourth-order valence-corrected chi connectivity index (χ4v) is 2.71. The summed E-state index contributed by atoms with van der Waals surface area (Å²) >= 11 is 6.01. The first-order valence-corrected chi connectivity index (χ1v) is 8.21. The molecular weight excluding hydrogens is 345 g/mol. The molecule has 134 valence electrons. The minimum Gasteiger partial charge on any atom is -0.493 e. The molecule has 1 amide bonds. The fourth-order valence-electron chi connectivity index (χ4n) is 2.49. The molecule has 2 aromatic carbocycles. The minimum atomic E-state index is -0.410. The minimum absolute atomic E-state index is 0.0888. The van der Waals surface area contributed by atoms with Crippen LogP contribution in [-0.2, 0) is 17.8 Å². The van der Waals surface area contributed by atoms with E-state index in [1.165, 1.54) is 11.0 Å². The van der Waals surface area contributed by atoms with E-state index in [4.69, 9.17) is 21.1 Å². The van der Waals surface area contributed by atoms with Gasteiger partial charge in [0.15, 0.2) is 11.5 Å². The molecule has 0 aliphatic rings. The Hall–Kier alpha value is -2.27. The number of hydrogen-bond donors (Lipinski definition) is 0. The Morgan fingerprint density at radius 2 is 1.88 bits per heavy atom. The summed E-state index contributed by atoms with van der Waals surface area (Å²) in [5.74, 6) is 0.768. The van der Waals surface area contributed by atoms with Crippen LogP contribution in [0.3, 0.4) is 0 Å². The van der Waals surface area contributed by atoms with Crippen molar-refractivity contribution in [3.05, 3.63) is 58.4 Å². The Morgan fingerprint density at radius 1 is 1.16 bits per heavy atom. The van der Waals surface area contributed by atoms with E-state index >= 15 is 0 Å². The topological polar surface area (TPSA) is 38.8 Å². The molecule has 0 unspecified atom stereocenters. The summed E-state index contributed by atoms with van der Waals surface area (Å²) in [5, 5.41) is 0.319. The zero-order valence-corrected chi connectivity index (χ0v) is 15.3. The summed E-state index contributed by atoms with van der Waals surface area (Å²) in [6.07, 6.45) is 0.854. The van der Waals surface area contributed by atoms with Gasteiger partial charge in [-0.25, -0.2) is 4.39 Å². The van der Waals surface area contributed by atoms with E-state index in [1.807, 2.05) is 18.2 Å². The molecule has 0 saturated heterocycles. The number of amides is 1. The Balaban J connectivity index is 1.98. The molecule has 0 bridgehead atoms. The van der Waals surface area contributed by atoms with Gasteiger partial charge < -0.3 is 14.4 Å². The molecule has 2 aromatic rings. The van der Waals surface area contributed by atoms with E-state index in [2.05, 4.69) is 0 Å². The molecule has 0 heterocycles. The monoisotopic (exact) mass is 365 g/mol. The fraction of sp³-hybridized carbons (Fsp3) is 0.316. The number of halogens is 2. The van der Waals surface area contributed by atoms with Gasteiger partial charge in [0.05, 0.1) is 14.2 Å². The van der Waals surface area contributed by atoms with Crippen LogP contribution in [0.1, 0.15) is 17.5 Å². The van der Waals surface area contributed by atoms with Crippen LogP contribution >= 0.6 is 11.6 Å². The van der Waals surface area contributed by atoms with E-state index in [0.717, 1.165) is 5.56 Å². The molecular formula is C19H21ClFNO3. The summed E-state index contributed by atoms with van der Waals surface area (Å²) in [4.78, 5) is 13.8. The normalized spacial score (nSPS) is 10.4. The number of aryl methyl sites for hydroxylation is 1. The summed E-state index contributed by atoms with van der Waals surface area (Å²) in [6.45, 7) is 0.135. The highest BCUT2D eigenvalue weighted by Crippen LogP contribution is 2.28. The number of benzene rings is 2. The molecule has 0 aromatic heterocycles. The number of methoxy groups -OCH3 is 2. The molecule has 0 N–H and O–H groups in total. The van der Waals surface area contributed by atoms with Crippen molar-refractivity contribution in [2.24, 2.45) is 0 Å². The third kappa shape index (κ3) is 4.86. The number of nitrogens with zero attached hydrogens (tertiary/aromatic N) is 1. The average molecular weight is 366 g/mol. The maximum absolute atomic E-state index is 13.8. The summed E-state index contributed by atoms with van der Waals surface area (Å²) in [7, 11) is 4.78. The molecule has 0 aliphatic heterocycles. The SMILES string of the molecule is COc1ccc(CCC(=O)N(C)Cc2c(F)cccc2Cl)cc1OC. The van der Waals surface area contributed by atoms with Gasteiger partial charge >= 0.3 is 0 Å². The van der Waals surface area contributed by atoms with Crippen molar-refractivity contribution in [3.63, 3.8) is 0 Å². The Morgan fingerprint density at radius 3 is 2.52 bits per heavy atom. The van der Waals surface area contributed by atoms with Gasteiger partial charge in [0.2, 0.25) is 5.91 Å². The van der Waals surface area contributed by atoms with Crippen LogP contribution in [0.5, 0.6) is 11.5 Å². The van der Waals surface area contributed by atoms with Crippen molar-refractivity contribution in [2.75, 3.05) is 21.3 Å². The van der Waals surface area contributed by atoms with Crippen molar-refractivity contribution in [2.45, 2.75) is 19.4 Å². The Labute approximate surface area is 152 Å². The van der Waals surface area contributed by atoms with Crippen LogP contribution in [-0.4, -0.2) is 32.1 Å². The Bertz CT molecular complexity index is 731. The van der Waals surface area contributed by atoms with Gasteiger partial charge in [-0.2, -0.15) is 0 Å². The zero-order chi connectivity index (χ0) is 18.4. The highest BCUT2D eigenvalue weighted by Gasteiger charge is 2.15. The molecule has 0 radical (unpaired) electrons. The van der Waals surface area contributed by atoms with Gasteiger partial charge in [0.1, 0.15) is 5.82 Å². The van der Waals surface area contributed by atoms with Crippen LogP contribution in [0.2, 0.25) is 5.02 Å². The van der Waals surface area contributed by atoms with Gasteiger partial charge in [-0.1, -0.05) is 23.7 Å². The van der Waals surface area contributed by atoms with Crippen LogP contribution < -0.4 is 9.47 Å². The maximum Gasteiger partial charge on any atom is 0.222 e. The van der Waals surface area contributed by atoms with E-state index < -0.39 is 5.82 Å². The van der Waals surface area contributed by atoms with Gasteiger partial charge in [0, 0.05) is 30.6 Å². The van der Waals surface area contributed by atoms with Gasteiger partial charge in [0.25, 0.3) is 0 Å². The van der Waals surface area contributed by atoms with Crippen molar-refractivity contribution >= 4 is 17.5 Å². The first-order chi connectivity index (χ1) is 12.0. The largest absolute Gasteiger partial charge is 0.493 e. The van der Waals surface area contributed by atoms with Crippen LogP contribution in [0.25, 0.3) is 0 Å². The predicted molar refractivity (Wildman–Crippen MR) is 95.8 cm³/mol. The molecule has 0 saturated carbocycles. The molecule has 0 fully saturated rings. The highest BCUT2D eigenvalue weighted by atomic mass is 35.5. The van der Waals surface area contributed by atoms with Crippen LogP contribution in [0.15, 0.2) is 36.4 Å². The van der Waals surface area contributed by atoms with Crippen LogP contribution in [0, 0.1) is 5.82 Å². The number of rotatable bonds is 7. The predicted octanol–water partition coefficient (Wildman–Crippen LogP) is 4.09. The maximum atomic E-state index is 13.8. The lowest BCUT2D eigenvalue weighted by Crippen LogP contribution is -2.27. The number of hydrogen-bond acceptors (Lipinski definition) is 3. The molecule has 2 rings (SSSR count). The van der Waals surface area contributed by atoms with Crippen LogP contribution in [0.4, 0.5) is 4.39 Å². The first kappa shape index (κ1) is 19.1. The van der Waals surface area contributed by atoms with Crippen molar-refractivity contribution < 1.29 is 18.7 Å². The summed E-state index contributed by atoms with van der Waals surface area (Å²) in [5.41, 5.74) is 1.29. The number of carbonyl (C=O) groups excluding carboxylic acids is 1. The van der Waals surface area contributed by atoms with E-state index in [1.54, 1.807) is 33.4 Å². The number of carbonyl (C=O) groups is 1. The van der Waals surface area contributed by atoms with Gasteiger partial charge in [-0.15, -0.1) is 0 Å². The van der Waals surface area contributed by atoms with E-state index in [0.29, 0.717) is 34.9 Å². The van der Waals surface area contributed by atoms with Gasteiger partial charge in [-0.05, 0) is 36.2 Å². The van der Waals surface area contributed by atoms with E-state index in [9.17, 15) is 9.18 Å². The molecule has 0 aliphatic carbocycles. The molecule has 0 atom stereocenters. The molecule has 6 heteroatoms. The lowest BCUT2D eigenvalue weighted by atomic mass is 10.1. The second-order valence-corrected chi connectivity index (χ2v) is 6.05. The summed E-state index contributed by atoms with van der Waals surface area (Å²) < 4.78 is 24.3. The second kappa shape index (κ2) is 8.72.